The maximum atomic E-state index is 12.9. The van der Waals surface area contributed by atoms with Gasteiger partial charge in [0.1, 0.15) is 10.6 Å². The molecule has 0 aromatic heterocycles. The first kappa shape index (κ1) is 15.1. The van der Waals surface area contributed by atoms with E-state index in [1.54, 1.807) is 10.4 Å². The van der Waals surface area contributed by atoms with Crippen molar-refractivity contribution >= 4 is 15.7 Å². The van der Waals surface area contributed by atoms with Crippen LogP contribution in [-0.2, 0) is 10.0 Å². The molecule has 0 radical (unpaired) electrons. The summed E-state index contributed by atoms with van der Waals surface area (Å²) in [4.78, 5) is 0.151. The summed E-state index contributed by atoms with van der Waals surface area (Å²) in [6.45, 7) is 6.25. The average molecular weight is 298 g/mol. The summed E-state index contributed by atoms with van der Waals surface area (Å²) in [6.07, 6.45) is 1.73. The molecule has 112 valence electrons. The van der Waals surface area contributed by atoms with Crippen LogP contribution in [0.5, 0.6) is 5.75 Å². The maximum absolute atomic E-state index is 12.9. The molecule has 0 atom stereocenters. The molecule has 0 amide bonds. The zero-order valence-corrected chi connectivity index (χ0v) is 13.3. The van der Waals surface area contributed by atoms with Gasteiger partial charge in [-0.1, -0.05) is 0 Å². The number of nitrogens with zero attached hydrogens (tertiary/aromatic N) is 1. The van der Waals surface area contributed by atoms with Crippen LogP contribution in [0.25, 0.3) is 0 Å². The Morgan fingerprint density at radius 1 is 1.35 bits per heavy atom. The first-order valence-corrected chi connectivity index (χ1v) is 8.11. The van der Waals surface area contributed by atoms with Crippen molar-refractivity contribution in [3.63, 3.8) is 0 Å². The Labute approximate surface area is 120 Å². The number of anilines is 1. The Balaban J connectivity index is 2.58. The summed E-state index contributed by atoms with van der Waals surface area (Å²) in [5.74, 6) is 0.347. The number of rotatable bonds is 3. The lowest BCUT2D eigenvalue weighted by molar-refractivity contribution is 0.290. The normalized spacial score (nSPS) is 19.2. The largest absolute Gasteiger partial charge is 0.495 e. The van der Waals surface area contributed by atoms with Gasteiger partial charge in [-0.2, -0.15) is 4.31 Å². The highest BCUT2D eigenvalue weighted by Gasteiger charge is 2.42. The first-order chi connectivity index (χ1) is 9.20. The predicted octanol–water partition coefficient (Wildman–Crippen LogP) is 2.15. The second-order valence-electron chi connectivity index (χ2n) is 5.85. The summed E-state index contributed by atoms with van der Waals surface area (Å²) in [5.41, 5.74) is 6.76. The van der Waals surface area contributed by atoms with Crippen LogP contribution in [0.2, 0.25) is 0 Å². The second-order valence-corrected chi connectivity index (χ2v) is 7.68. The minimum atomic E-state index is -3.60. The Morgan fingerprint density at radius 2 is 2.00 bits per heavy atom. The molecule has 0 saturated carbocycles. The molecule has 1 aliphatic rings. The van der Waals surface area contributed by atoms with Crippen molar-refractivity contribution in [2.24, 2.45) is 0 Å². The number of hydrogen-bond acceptors (Lipinski definition) is 4. The molecule has 1 saturated heterocycles. The van der Waals surface area contributed by atoms with Crippen LogP contribution in [0, 0.1) is 6.92 Å². The number of nitrogens with two attached hydrogens (primary N) is 1. The van der Waals surface area contributed by atoms with E-state index >= 15 is 0 Å². The van der Waals surface area contributed by atoms with E-state index in [0.717, 1.165) is 18.4 Å². The Bertz CT molecular complexity index is 624. The molecule has 6 heteroatoms. The summed E-state index contributed by atoms with van der Waals surface area (Å²) in [7, 11) is -2.13. The van der Waals surface area contributed by atoms with Crippen molar-refractivity contribution < 1.29 is 13.2 Å². The van der Waals surface area contributed by atoms with E-state index in [1.807, 2.05) is 20.8 Å². The molecule has 1 aromatic carbocycles. The molecule has 2 rings (SSSR count). The van der Waals surface area contributed by atoms with E-state index in [-0.39, 0.29) is 10.4 Å². The number of sulfonamides is 1. The van der Waals surface area contributed by atoms with Crippen molar-refractivity contribution in [2.45, 2.75) is 44.0 Å². The fourth-order valence-electron chi connectivity index (χ4n) is 2.69. The highest BCUT2D eigenvalue weighted by atomic mass is 32.2. The molecule has 1 heterocycles. The van der Waals surface area contributed by atoms with Gasteiger partial charge in [0.25, 0.3) is 0 Å². The van der Waals surface area contributed by atoms with Crippen LogP contribution in [-0.4, -0.2) is 31.9 Å². The van der Waals surface area contributed by atoms with Gasteiger partial charge in [0.2, 0.25) is 10.0 Å². The van der Waals surface area contributed by atoms with Gasteiger partial charge < -0.3 is 10.5 Å². The maximum Gasteiger partial charge on any atom is 0.247 e. The van der Waals surface area contributed by atoms with Crippen LogP contribution in [0.3, 0.4) is 0 Å². The number of methoxy groups -OCH3 is 1. The fraction of sp³-hybridized carbons (Fsp3) is 0.571. The average Bonchev–Trinajstić information content (AvgIpc) is 2.72. The van der Waals surface area contributed by atoms with Crippen LogP contribution < -0.4 is 10.5 Å². The molecule has 1 aliphatic heterocycles. The molecule has 20 heavy (non-hydrogen) atoms. The van der Waals surface area contributed by atoms with Crippen molar-refractivity contribution in [1.82, 2.24) is 4.31 Å². The van der Waals surface area contributed by atoms with E-state index in [4.69, 9.17) is 10.5 Å². The summed E-state index contributed by atoms with van der Waals surface area (Å²) < 4.78 is 32.5. The third-order valence-corrected chi connectivity index (χ3v) is 6.08. The molecule has 0 unspecified atom stereocenters. The van der Waals surface area contributed by atoms with Crippen molar-refractivity contribution in [3.05, 3.63) is 17.7 Å². The van der Waals surface area contributed by atoms with Gasteiger partial charge >= 0.3 is 0 Å². The van der Waals surface area contributed by atoms with Gasteiger partial charge in [-0.3, -0.25) is 0 Å². The van der Waals surface area contributed by atoms with Gasteiger partial charge in [0.05, 0.1) is 7.11 Å². The molecular formula is C14H22N2O3S. The first-order valence-electron chi connectivity index (χ1n) is 6.67. The zero-order valence-electron chi connectivity index (χ0n) is 12.4. The second kappa shape index (κ2) is 4.93. The third-order valence-electron chi connectivity index (χ3n) is 3.95. The molecule has 0 aliphatic carbocycles. The molecule has 2 N–H and O–H groups in total. The van der Waals surface area contributed by atoms with Crippen LogP contribution >= 0.6 is 0 Å². The van der Waals surface area contributed by atoms with Crippen LogP contribution in [0.4, 0.5) is 5.69 Å². The number of ether oxygens (including phenoxy) is 1. The Morgan fingerprint density at radius 3 is 2.50 bits per heavy atom. The number of benzene rings is 1. The highest BCUT2D eigenvalue weighted by molar-refractivity contribution is 7.89. The van der Waals surface area contributed by atoms with Gasteiger partial charge in [0.15, 0.2) is 0 Å². The van der Waals surface area contributed by atoms with Crippen molar-refractivity contribution in [1.29, 1.82) is 0 Å². The lowest BCUT2D eigenvalue weighted by Gasteiger charge is -2.31. The van der Waals surface area contributed by atoms with E-state index in [2.05, 4.69) is 0 Å². The van der Waals surface area contributed by atoms with Gasteiger partial charge in [-0.25, -0.2) is 8.42 Å². The van der Waals surface area contributed by atoms with Crippen LogP contribution in [0.1, 0.15) is 32.3 Å². The molecule has 5 nitrogen and oxygen atoms in total. The number of nitrogen functional groups attached to an aromatic ring is 1. The van der Waals surface area contributed by atoms with E-state index < -0.39 is 10.0 Å². The monoisotopic (exact) mass is 298 g/mol. The number of aryl methyl sites for hydroxylation is 1. The van der Waals surface area contributed by atoms with Gasteiger partial charge in [-0.15, -0.1) is 0 Å². The van der Waals surface area contributed by atoms with E-state index in [9.17, 15) is 8.42 Å². The quantitative estimate of drug-likeness (QED) is 0.868. The zero-order chi connectivity index (χ0) is 15.1. The molecule has 0 spiro atoms. The highest BCUT2D eigenvalue weighted by Crippen LogP contribution is 2.38. The molecular weight excluding hydrogens is 276 g/mol. The van der Waals surface area contributed by atoms with Gasteiger partial charge in [0, 0.05) is 17.8 Å². The molecule has 1 fully saturated rings. The summed E-state index contributed by atoms with van der Waals surface area (Å²) >= 11 is 0. The Kier molecular flexibility index (Phi) is 3.73. The summed E-state index contributed by atoms with van der Waals surface area (Å²) in [6, 6.07) is 3.17. The topological polar surface area (TPSA) is 72.6 Å². The third kappa shape index (κ3) is 2.38. The fourth-order valence-corrected chi connectivity index (χ4v) is 4.71. The van der Waals surface area contributed by atoms with Gasteiger partial charge in [-0.05, 0) is 51.3 Å². The number of hydrogen-bond donors (Lipinski definition) is 1. The van der Waals surface area contributed by atoms with E-state index in [1.165, 1.54) is 13.2 Å². The smallest absolute Gasteiger partial charge is 0.247 e. The lowest BCUT2D eigenvalue weighted by Crippen LogP contribution is -2.42. The summed E-state index contributed by atoms with van der Waals surface area (Å²) in [5, 5.41) is 0. The predicted molar refractivity (Wildman–Crippen MR) is 79.3 cm³/mol. The SMILES string of the molecule is COc1cc(C)c(N)cc1S(=O)(=O)N1CCCC1(C)C. The van der Waals surface area contributed by atoms with Crippen molar-refractivity contribution in [2.75, 3.05) is 19.4 Å². The minimum Gasteiger partial charge on any atom is -0.495 e. The van der Waals surface area contributed by atoms with E-state index in [0.29, 0.717) is 18.0 Å². The Hall–Kier alpha value is -1.27. The molecule has 1 aromatic rings. The van der Waals surface area contributed by atoms with Crippen molar-refractivity contribution in [3.8, 4) is 5.75 Å². The van der Waals surface area contributed by atoms with Crippen LogP contribution in [0.15, 0.2) is 17.0 Å². The minimum absolute atomic E-state index is 0.151. The molecule has 0 bridgehead atoms. The lowest BCUT2D eigenvalue weighted by atomic mass is 10.0. The standard InChI is InChI=1S/C14H22N2O3S/c1-10-8-12(19-4)13(9-11(10)15)20(17,18)16-7-5-6-14(16,2)3/h8-9H,5-7,15H2,1-4H3.